The zero-order valence-electron chi connectivity index (χ0n) is 17.5. The maximum absolute atomic E-state index is 12.8. The normalized spacial score (nSPS) is 24.0. The number of hydrogen-bond donors (Lipinski definition) is 1. The fourth-order valence-corrected chi connectivity index (χ4v) is 4.33. The van der Waals surface area contributed by atoms with E-state index < -0.39 is 0 Å². The summed E-state index contributed by atoms with van der Waals surface area (Å²) in [5, 5.41) is 2.99. The van der Waals surface area contributed by atoms with Crippen LogP contribution in [0.2, 0.25) is 0 Å². The minimum absolute atomic E-state index is 0.0989. The van der Waals surface area contributed by atoms with Crippen LogP contribution < -0.4 is 10.1 Å². The number of hydrogen-bond acceptors (Lipinski definition) is 5. The molecule has 1 aliphatic heterocycles. The minimum atomic E-state index is -0.301. The number of ether oxygens (including phenoxy) is 1. The van der Waals surface area contributed by atoms with E-state index in [1.807, 2.05) is 24.0 Å². The first-order chi connectivity index (χ1) is 14.5. The topological polar surface area (TPSA) is 84.4 Å². The molecule has 1 aliphatic carbocycles. The summed E-state index contributed by atoms with van der Waals surface area (Å²) in [7, 11) is 0. The molecule has 1 N–H and O–H groups in total. The van der Waals surface area contributed by atoms with Gasteiger partial charge in [-0.25, -0.2) is 9.97 Å². The van der Waals surface area contributed by atoms with E-state index in [1.54, 1.807) is 24.5 Å². The Bertz CT molecular complexity index is 910. The predicted octanol–water partition coefficient (Wildman–Crippen LogP) is 3.94. The molecule has 2 heterocycles. The van der Waals surface area contributed by atoms with Gasteiger partial charge in [0, 0.05) is 37.1 Å². The Balaban J connectivity index is 1.36. The van der Waals surface area contributed by atoms with Crippen LogP contribution in [0, 0.1) is 18.8 Å². The number of benzene rings is 1. The zero-order chi connectivity index (χ0) is 21.1. The summed E-state index contributed by atoms with van der Waals surface area (Å²) in [5.41, 5.74) is 1.60. The summed E-state index contributed by atoms with van der Waals surface area (Å²) in [6.45, 7) is 4.70. The standard InChI is InChI=1S/C23H28N4O3/c1-15-4-6-18(7-5-15)27-14-17(13-21(27)28)22(29)26-20-9-8-19(12-16(20)2)30-23-24-10-3-11-25-23/h3,8-12,15,17-18H,4-7,13-14H2,1-2H3,(H,26,29)/t15?,17-,18?/m0/s1. The number of nitrogens with zero attached hydrogens (tertiary/aromatic N) is 3. The van der Waals surface area contributed by atoms with Gasteiger partial charge >= 0.3 is 6.01 Å². The van der Waals surface area contributed by atoms with E-state index in [0.29, 0.717) is 24.8 Å². The van der Waals surface area contributed by atoms with Crippen molar-refractivity contribution in [1.82, 2.24) is 14.9 Å². The zero-order valence-corrected chi connectivity index (χ0v) is 17.5. The van der Waals surface area contributed by atoms with Gasteiger partial charge in [-0.15, -0.1) is 0 Å². The molecular formula is C23H28N4O3. The minimum Gasteiger partial charge on any atom is -0.424 e. The van der Waals surface area contributed by atoms with Crippen LogP contribution in [-0.4, -0.2) is 39.3 Å². The molecule has 7 nitrogen and oxygen atoms in total. The number of amides is 2. The first-order valence-corrected chi connectivity index (χ1v) is 10.7. The molecule has 1 atom stereocenters. The summed E-state index contributed by atoms with van der Waals surface area (Å²) in [6, 6.07) is 7.71. The van der Waals surface area contributed by atoms with Gasteiger partial charge in [0.25, 0.3) is 0 Å². The Morgan fingerprint density at radius 2 is 1.90 bits per heavy atom. The lowest BCUT2D eigenvalue weighted by atomic mass is 9.87. The van der Waals surface area contributed by atoms with Crippen LogP contribution >= 0.6 is 0 Å². The largest absolute Gasteiger partial charge is 0.424 e. The van der Waals surface area contributed by atoms with Crippen LogP contribution in [0.1, 0.15) is 44.6 Å². The fraction of sp³-hybridized carbons (Fsp3) is 0.478. The van der Waals surface area contributed by atoms with E-state index in [-0.39, 0.29) is 23.7 Å². The lowest BCUT2D eigenvalue weighted by molar-refractivity contribution is -0.130. The van der Waals surface area contributed by atoms with Crippen LogP contribution in [-0.2, 0) is 9.59 Å². The number of carbonyl (C=O) groups excluding carboxylic acids is 2. The van der Waals surface area contributed by atoms with Crippen LogP contribution in [0.3, 0.4) is 0 Å². The Kier molecular flexibility index (Phi) is 5.97. The average Bonchev–Trinajstić information content (AvgIpc) is 3.13. The quantitative estimate of drug-likeness (QED) is 0.810. The van der Waals surface area contributed by atoms with E-state index in [9.17, 15) is 9.59 Å². The van der Waals surface area contributed by atoms with E-state index in [1.165, 1.54) is 0 Å². The van der Waals surface area contributed by atoms with Gasteiger partial charge in [0.15, 0.2) is 0 Å². The molecule has 2 amide bonds. The second-order valence-corrected chi connectivity index (χ2v) is 8.46. The summed E-state index contributed by atoms with van der Waals surface area (Å²) >= 11 is 0. The average molecular weight is 409 g/mol. The van der Waals surface area contributed by atoms with Gasteiger partial charge in [-0.3, -0.25) is 9.59 Å². The highest BCUT2D eigenvalue weighted by Gasteiger charge is 2.38. The van der Waals surface area contributed by atoms with Gasteiger partial charge in [0.1, 0.15) is 5.75 Å². The fourth-order valence-electron chi connectivity index (χ4n) is 4.33. The highest BCUT2D eigenvalue weighted by Crippen LogP contribution is 2.32. The Morgan fingerprint density at radius 3 is 2.60 bits per heavy atom. The first kappa shape index (κ1) is 20.3. The van der Waals surface area contributed by atoms with Gasteiger partial charge in [-0.1, -0.05) is 6.92 Å². The number of aromatic nitrogens is 2. The molecule has 2 aliphatic rings. The van der Waals surface area contributed by atoms with E-state index >= 15 is 0 Å². The molecule has 4 rings (SSSR count). The van der Waals surface area contributed by atoms with Gasteiger partial charge in [0.05, 0.1) is 5.92 Å². The maximum atomic E-state index is 12.8. The first-order valence-electron chi connectivity index (χ1n) is 10.7. The Morgan fingerprint density at radius 1 is 1.17 bits per heavy atom. The van der Waals surface area contributed by atoms with Crippen molar-refractivity contribution in [2.24, 2.45) is 11.8 Å². The molecule has 2 fully saturated rings. The van der Waals surface area contributed by atoms with Crippen molar-refractivity contribution in [2.45, 2.75) is 52.0 Å². The lowest BCUT2D eigenvalue weighted by Gasteiger charge is -2.33. The van der Waals surface area contributed by atoms with Crippen molar-refractivity contribution < 1.29 is 14.3 Å². The van der Waals surface area contributed by atoms with Gasteiger partial charge < -0.3 is 15.0 Å². The third kappa shape index (κ3) is 4.61. The summed E-state index contributed by atoms with van der Waals surface area (Å²) in [6.07, 6.45) is 7.94. The molecule has 1 saturated heterocycles. The van der Waals surface area contributed by atoms with Crippen LogP contribution in [0.4, 0.5) is 5.69 Å². The number of anilines is 1. The summed E-state index contributed by atoms with van der Waals surface area (Å²) in [5.74, 6) is 1.05. The highest BCUT2D eigenvalue weighted by molar-refractivity contribution is 5.97. The molecule has 0 unspecified atom stereocenters. The molecule has 1 saturated carbocycles. The molecule has 2 aromatic rings. The van der Waals surface area contributed by atoms with Crippen molar-refractivity contribution in [3.63, 3.8) is 0 Å². The van der Waals surface area contributed by atoms with Crippen LogP contribution in [0.5, 0.6) is 11.8 Å². The molecule has 0 radical (unpaired) electrons. The molecule has 1 aromatic carbocycles. The van der Waals surface area contributed by atoms with Crippen molar-refractivity contribution in [3.8, 4) is 11.8 Å². The lowest BCUT2D eigenvalue weighted by Crippen LogP contribution is -2.39. The Hall–Kier alpha value is -2.96. The molecule has 30 heavy (non-hydrogen) atoms. The third-order valence-electron chi connectivity index (χ3n) is 6.16. The number of aryl methyl sites for hydroxylation is 1. The number of likely N-dealkylation sites (tertiary alicyclic amines) is 1. The van der Waals surface area contributed by atoms with E-state index in [4.69, 9.17) is 4.74 Å². The second-order valence-electron chi connectivity index (χ2n) is 8.46. The molecule has 1 aromatic heterocycles. The Labute approximate surface area is 176 Å². The van der Waals surface area contributed by atoms with Gasteiger partial charge in [-0.05, 0) is 68.4 Å². The van der Waals surface area contributed by atoms with Crippen molar-refractivity contribution in [3.05, 3.63) is 42.2 Å². The predicted molar refractivity (Wildman–Crippen MR) is 113 cm³/mol. The number of rotatable bonds is 5. The van der Waals surface area contributed by atoms with Crippen LogP contribution in [0.25, 0.3) is 0 Å². The van der Waals surface area contributed by atoms with Crippen LogP contribution in [0.15, 0.2) is 36.7 Å². The third-order valence-corrected chi connectivity index (χ3v) is 6.16. The number of carbonyl (C=O) groups is 2. The summed E-state index contributed by atoms with van der Waals surface area (Å²) in [4.78, 5) is 35.4. The van der Waals surface area contributed by atoms with E-state index in [0.717, 1.165) is 42.9 Å². The number of nitrogens with one attached hydrogen (secondary N) is 1. The molecule has 158 valence electrons. The second kappa shape index (κ2) is 8.81. The monoisotopic (exact) mass is 408 g/mol. The molecule has 0 spiro atoms. The smallest absolute Gasteiger partial charge is 0.321 e. The summed E-state index contributed by atoms with van der Waals surface area (Å²) < 4.78 is 5.64. The van der Waals surface area contributed by atoms with Crippen molar-refractivity contribution in [1.29, 1.82) is 0 Å². The van der Waals surface area contributed by atoms with Crippen molar-refractivity contribution in [2.75, 3.05) is 11.9 Å². The molecule has 7 heteroatoms. The van der Waals surface area contributed by atoms with Gasteiger partial charge in [-0.2, -0.15) is 0 Å². The highest BCUT2D eigenvalue weighted by atomic mass is 16.5. The van der Waals surface area contributed by atoms with Gasteiger partial charge in [0.2, 0.25) is 11.8 Å². The molecule has 0 bridgehead atoms. The van der Waals surface area contributed by atoms with Crippen molar-refractivity contribution >= 4 is 17.5 Å². The molecular weight excluding hydrogens is 380 g/mol. The van der Waals surface area contributed by atoms with E-state index in [2.05, 4.69) is 22.2 Å². The SMILES string of the molecule is Cc1cc(Oc2ncccn2)ccc1NC(=O)[C@H]1CC(=O)N(C2CCC(C)CC2)C1. The maximum Gasteiger partial charge on any atom is 0.321 e.